The molecule has 30 heavy (non-hydrogen) atoms. The van der Waals surface area contributed by atoms with Crippen molar-refractivity contribution in [3.63, 3.8) is 0 Å². The van der Waals surface area contributed by atoms with Crippen LogP contribution < -0.4 is 16.0 Å². The third-order valence-electron chi connectivity index (χ3n) is 4.58. The van der Waals surface area contributed by atoms with E-state index >= 15 is 0 Å². The molecule has 1 fully saturated rings. The van der Waals surface area contributed by atoms with Crippen LogP contribution in [0.25, 0.3) is 0 Å². The van der Waals surface area contributed by atoms with E-state index in [-0.39, 0.29) is 24.8 Å². The second kappa shape index (κ2) is 10.6. The Morgan fingerprint density at radius 3 is 2.37 bits per heavy atom. The van der Waals surface area contributed by atoms with Crippen LogP contribution in [0.4, 0.5) is 23.7 Å². The maximum atomic E-state index is 12.9. The van der Waals surface area contributed by atoms with Crippen molar-refractivity contribution in [3.8, 4) is 0 Å². The molecule has 1 aromatic rings. The number of imide groups is 1. The SMILES string of the molecule is CN(CC(=O)NC(=O)NC1CCCCC1)CC(=O)Nc1ccc(Cl)c(C(F)(F)F)c1. The van der Waals surface area contributed by atoms with Gasteiger partial charge in [0.15, 0.2) is 0 Å². The molecule has 1 aromatic carbocycles. The highest BCUT2D eigenvalue weighted by atomic mass is 35.5. The number of urea groups is 1. The van der Waals surface area contributed by atoms with Crippen LogP contribution in [0.3, 0.4) is 0 Å². The summed E-state index contributed by atoms with van der Waals surface area (Å²) >= 11 is 5.54. The first kappa shape index (κ1) is 23.9. The molecule has 0 bridgehead atoms. The maximum Gasteiger partial charge on any atom is 0.417 e. The number of amides is 4. The summed E-state index contributed by atoms with van der Waals surface area (Å²) in [5.41, 5.74) is -1.12. The van der Waals surface area contributed by atoms with Gasteiger partial charge in [-0.15, -0.1) is 0 Å². The Balaban J connectivity index is 1.78. The van der Waals surface area contributed by atoms with Gasteiger partial charge in [0.1, 0.15) is 0 Å². The van der Waals surface area contributed by atoms with E-state index in [1.807, 2.05) is 0 Å². The number of nitrogens with zero attached hydrogens (tertiary/aromatic N) is 1. The van der Waals surface area contributed by atoms with Crippen LogP contribution >= 0.6 is 11.6 Å². The molecular weight excluding hydrogens is 425 g/mol. The van der Waals surface area contributed by atoms with Gasteiger partial charge >= 0.3 is 12.2 Å². The number of likely N-dealkylation sites (N-methyl/N-ethyl adjacent to an activating group) is 1. The summed E-state index contributed by atoms with van der Waals surface area (Å²) in [5, 5.41) is 6.82. The van der Waals surface area contributed by atoms with Crippen molar-refractivity contribution in [1.82, 2.24) is 15.5 Å². The molecule has 166 valence electrons. The lowest BCUT2D eigenvalue weighted by Gasteiger charge is -2.23. The number of anilines is 1. The normalized spacial score (nSPS) is 15.0. The maximum absolute atomic E-state index is 12.9. The van der Waals surface area contributed by atoms with Gasteiger partial charge < -0.3 is 10.6 Å². The zero-order valence-corrected chi connectivity index (χ0v) is 17.2. The number of alkyl halides is 3. The standard InChI is InChI=1S/C19H24ClF3N4O3/c1-27(11-17(29)26-18(30)25-12-5-3-2-4-6-12)10-16(28)24-13-7-8-15(20)14(9-13)19(21,22)23/h7-9,12H,2-6,10-11H2,1H3,(H,24,28)(H2,25,26,29,30). The number of rotatable bonds is 6. The number of nitrogens with one attached hydrogen (secondary N) is 3. The highest BCUT2D eigenvalue weighted by molar-refractivity contribution is 6.31. The summed E-state index contributed by atoms with van der Waals surface area (Å²) in [4.78, 5) is 37.2. The summed E-state index contributed by atoms with van der Waals surface area (Å²) in [6.07, 6.45) is 0.318. The summed E-state index contributed by atoms with van der Waals surface area (Å²) in [5.74, 6) is -1.21. The zero-order chi connectivity index (χ0) is 22.3. The van der Waals surface area contributed by atoms with Crippen molar-refractivity contribution in [3.05, 3.63) is 28.8 Å². The fraction of sp³-hybridized carbons (Fsp3) is 0.526. The van der Waals surface area contributed by atoms with Crippen LogP contribution in [-0.4, -0.2) is 48.9 Å². The predicted molar refractivity (Wildman–Crippen MR) is 106 cm³/mol. The minimum absolute atomic E-state index is 0.0519. The summed E-state index contributed by atoms with van der Waals surface area (Å²) in [7, 11) is 1.47. The molecule has 0 unspecified atom stereocenters. The van der Waals surface area contributed by atoms with Crippen LogP contribution in [0.1, 0.15) is 37.7 Å². The lowest BCUT2D eigenvalue weighted by Crippen LogP contribution is -2.48. The fourth-order valence-corrected chi connectivity index (χ4v) is 3.43. The Kier molecular flexibility index (Phi) is 8.48. The molecule has 4 amide bonds. The number of benzene rings is 1. The lowest BCUT2D eigenvalue weighted by molar-refractivity contribution is -0.137. The number of hydrogen-bond acceptors (Lipinski definition) is 4. The quantitative estimate of drug-likeness (QED) is 0.622. The molecule has 1 saturated carbocycles. The van der Waals surface area contributed by atoms with Gasteiger partial charge in [0.05, 0.1) is 23.7 Å². The third-order valence-corrected chi connectivity index (χ3v) is 4.91. The van der Waals surface area contributed by atoms with Crippen LogP contribution in [0.5, 0.6) is 0 Å². The molecule has 2 rings (SSSR count). The topological polar surface area (TPSA) is 90.5 Å². The molecule has 0 heterocycles. The van der Waals surface area contributed by atoms with Crippen molar-refractivity contribution in [1.29, 1.82) is 0 Å². The smallest absolute Gasteiger partial charge is 0.335 e. The van der Waals surface area contributed by atoms with E-state index in [0.717, 1.165) is 44.2 Å². The summed E-state index contributed by atoms with van der Waals surface area (Å²) < 4.78 is 38.7. The van der Waals surface area contributed by atoms with Crippen LogP contribution in [0.2, 0.25) is 5.02 Å². The number of halogens is 4. The minimum Gasteiger partial charge on any atom is -0.335 e. The molecule has 0 aliphatic heterocycles. The first-order valence-electron chi connectivity index (χ1n) is 9.50. The van der Waals surface area contributed by atoms with Gasteiger partial charge in [0.25, 0.3) is 0 Å². The Hall–Kier alpha value is -2.33. The van der Waals surface area contributed by atoms with E-state index in [9.17, 15) is 27.6 Å². The Morgan fingerprint density at radius 1 is 1.10 bits per heavy atom. The predicted octanol–water partition coefficient (Wildman–Crippen LogP) is 3.39. The molecule has 0 saturated heterocycles. The molecule has 0 spiro atoms. The number of carbonyl (C=O) groups is 3. The molecule has 0 atom stereocenters. The largest absolute Gasteiger partial charge is 0.417 e. The average molecular weight is 449 g/mol. The second-order valence-corrected chi connectivity index (χ2v) is 7.68. The van der Waals surface area contributed by atoms with Gasteiger partial charge in [0, 0.05) is 11.7 Å². The van der Waals surface area contributed by atoms with E-state index < -0.39 is 34.6 Å². The minimum atomic E-state index is -4.65. The molecular formula is C19H24ClF3N4O3. The molecule has 11 heteroatoms. The van der Waals surface area contributed by atoms with Gasteiger partial charge in [-0.1, -0.05) is 30.9 Å². The highest BCUT2D eigenvalue weighted by Gasteiger charge is 2.33. The van der Waals surface area contributed by atoms with Crippen molar-refractivity contribution in [2.75, 3.05) is 25.5 Å². The van der Waals surface area contributed by atoms with Gasteiger partial charge in [-0.2, -0.15) is 13.2 Å². The molecule has 0 radical (unpaired) electrons. The van der Waals surface area contributed by atoms with Gasteiger partial charge in [0.2, 0.25) is 11.8 Å². The summed E-state index contributed by atoms with van der Waals surface area (Å²) in [6, 6.07) is 2.50. The molecule has 7 nitrogen and oxygen atoms in total. The van der Waals surface area contributed by atoms with Crippen LogP contribution in [0.15, 0.2) is 18.2 Å². The van der Waals surface area contributed by atoms with Crippen molar-refractivity contribution < 1.29 is 27.6 Å². The molecule has 3 N–H and O–H groups in total. The van der Waals surface area contributed by atoms with E-state index in [1.54, 1.807) is 0 Å². The number of carbonyl (C=O) groups excluding carboxylic acids is 3. The van der Waals surface area contributed by atoms with Gasteiger partial charge in [-0.05, 0) is 38.1 Å². The van der Waals surface area contributed by atoms with Crippen LogP contribution in [0, 0.1) is 0 Å². The van der Waals surface area contributed by atoms with Crippen LogP contribution in [-0.2, 0) is 15.8 Å². The average Bonchev–Trinajstić information content (AvgIpc) is 2.62. The second-order valence-electron chi connectivity index (χ2n) is 7.27. The van der Waals surface area contributed by atoms with E-state index in [0.29, 0.717) is 0 Å². The van der Waals surface area contributed by atoms with Crippen molar-refractivity contribution in [2.24, 2.45) is 0 Å². The lowest BCUT2D eigenvalue weighted by atomic mass is 9.96. The highest BCUT2D eigenvalue weighted by Crippen LogP contribution is 2.36. The van der Waals surface area contributed by atoms with Crippen molar-refractivity contribution >= 4 is 35.1 Å². The molecule has 1 aliphatic carbocycles. The van der Waals surface area contributed by atoms with Gasteiger partial charge in [-0.3, -0.25) is 19.8 Å². The molecule has 1 aliphatic rings. The summed E-state index contributed by atoms with van der Waals surface area (Å²) in [6.45, 7) is -0.498. The zero-order valence-electron chi connectivity index (χ0n) is 16.4. The van der Waals surface area contributed by atoms with E-state index in [4.69, 9.17) is 11.6 Å². The fourth-order valence-electron chi connectivity index (χ4n) is 3.20. The molecule has 0 aromatic heterocycles. The monoisotopic (exact) mass is 448 g/mol. The Bertz CT molecular complexity index is 783. The Morgan fingerprint density at radius 2 is 1.73 bits per heavy atom. The van der Waals surface area contributed by atoms with E-state index in [2.05, 4.69) is 16.0 Å². The first-order chi connectivity index (χ1) is 14.0. The number of hydrogen-bond donors (Lipinski definition) is 3. The Labute approximate surface area is 177 Å². The third kappa shape index (κ3) is 7.83. The van der Waals surface area contributed by atoms with Crippen molar-refractivity contribution in [2.45, 2.75) is 44.3 Å². The van der Waals surface area contributed by atoms with Gasteiger partial charge in [-0.25, -0.2) is 4.79 Å². The first-order valence-corrected chi connectivity index (χ1v) is 9.88. The van der Waals surface area contributed by atoms with E-state index in [1.165, 1.54) is 18.0 Å².